The van der Waals surface area contributed by atoms with Crippen LogP contribution in [0.4, 0.5) is 0 Å². The van der Waals surface area contributed by atoms with Crippen LogP contribution in [0.3, 0.4) is 0 Å². The summed E-state index contributed by atoms with van der Waals surface area (Å²) in [6.07, 6.45) is 2.01. The Labute approximate surface area is 107 Å². The van der Waals surface area contributed by atoms with Gasteiger partial charge in [0.05, 0.1) is 7.11 Å². The van der Waals surface area contributed by atoms with Gasteiger partial charge >= 0.3 is 5.97 Å². The predicted molar refractivity (Wildman–Crippen MR) is 69.0 cm³/mol. The summed E-state index contributed by atoms with van der Waals surface area (Å²) in [4.78, 5) is 22.3. The number of ether oxygens (including phenoxy) is 1. The fourth-order valence-electron chi connectivity index (χ4n) is 1.57. The van der Waals surface area contributed by atoms with E-state index in [4.69, 9.17) is 0 Å². The van der Waals surface area contributed by atoms with Gasteiger partial charge in [0.1, 0.15) is 0 Å². The molecule has 1 N–H and O–H groups in total. The Morgan fingerprint density at radius 1 is 1.17 bits per heavy atom. The summed E-state index contributed by atoms with van der Waals surface area (Å²) in [6, 6.07) is 9.99. The van der Waals surface area contributed by atoms with Crippen LogP contribution in [0.5, 0.6) is 0 Å². The number of methoxy groups -OCH3 is 1. The van der Waals surface area contributed by atoms with Crippen LogP contribution in [0, 0.1) is 0 Å². The number of rotatable bonds is 7. The summed E-state index contributed by atoms with van der Waals surface area (Å²) in [5.41, 5.74) is 1.20. The minimum absolute atomic E-state index is 0.0187. The van der Waals surface area contributed by atoms with Crippen molar-refractivity contribution in [1.29, 1.82) is 0 Å². The van der Waals surface area contributed by atoms with E-state index < -0.39 is 0 Å². The molecule has 98 valence electrons. The summed E-state index contributed by atoms with van der Waals surface area (Å²) in [5, 5.41) is 2.83. The normalized spacial score (nSPS) is 9.83. The van der Waals surface area contributed by atoms with E-state index in [2.05, 4.69) is 10.1 Å². The van der Waals surface area contributed by atoms with Crippen molar-refractivity contribution in [3.8, 4) is 0 Å². The Hall–Kier alpha value is -1.84. The molecule has 0 bridgehead atoms. The average molecular weight is 249 g/mol. The third kappa shape index (κ3) is 6.03. The third-order valence-corrected chi connectivity index (χ3v) is 2.59. The minimum atomic E-state index is -0.271. The summed E-state index contributed by atoms with van der Waals surface area (Å²) in [5.74, 6) is -0.290. The van der Waals surface area contributed by atoms with Gasteiger partial charge in [-0.2, -0.15) is 0 Å². The maximum absolute atomic E-state index is 11.4. The molecule has 0 spiro atoms. The number of hydrogen-bond acceptors (Lipinski definition) is 3. The lowest BCUT2D eigenvalue weighted by atomic mass is 10.1. The number of carbonyl (C=O) groups is 2. The molecule has 0 atom stereocenters. The van der Waals surface area contributed by atoms with Crippen molar-refractivity contribution in [2.24, 2.45) is 0 Å². The lowest BCUT2D eigenvalue weighted by Crippen LogP contribution is -2.25. The van der Waals surface area contributed by atoms with Crippen molar-refractivity contribution in [2.45, 2.75) is 25.7 Å². The van der Waals surface area contributed by atoms with Gasteiger partial charge < -0.3 is 10.1 Å². The maximum atomic E-state index is 11.4. The first-order chi connectivity index (χ1) is 8.72. The molecule has 18 heavy (non-hydrogen) atoms. The van der Waals surface area contributed by atoms with Crippen LogP contribution in [0.15, 0.2) is 30.3 Å². The van der Waals surface area contributed by atoms with Crippen molar-refractivity contribution >= 4 is 11.9 Å². The zero-order valence-electron chi connectivity index (χ0n) is 10.6. The Balaban J connectivity index is 2.09. The number of nitrogens with one attached hydrogen (secondary N) is 1. The molecule has 0 unspecified atom stereocenters. The molecule has 0 saturated carbocycles. The van der Waals surface area contributed by atoms with Crippen molar-refractivity contribution in [3.05, 3.63) is 35.9 Å². The van der Waals surface area contributed by atoms with Crippen LogP contribution < -0.4 is 5.32 Å². The molecule has 1 rings (SSSR count). The average Bonchev–Trinajstić information content (AvgIpc) is 2.39. The largest absolute Gasteiger partial charge is 0.469 e. The zero-order chi connectivity index (χ0) is 13.2. The Kier molecular flexibility index (Phi) is 6.54. The molecule has 0 aliphatic rings. The van der Waals surface area contributed by atoms with Gasteiger partial charge in [-0.1, -0.05) is 30.3 Å². The highest BCUT2D eigenvalue weighted by Gasteiger charge is 2.04. The van der Waals surface area contributed by atoms with E-state index in [0.717, 1.165) is 6.42 Å². The molecule has 0 aliphatic heterocycles. The molecular formula is C14H19NO3. The number of amides is 1. The van der Waals surface area contributed by atoms with Crippen LogP contribution in [0.2, 0.25) is 0 Å². The summed E-state index contributed by atoms with van der Waals surface area (Å²) < 4.78 is 4.50. The van der Waals surface area contributed by atoms with Crippen LogP contribution in [0.25, 0.3) is 0 Å². The molecule has 0 aliphatic carbocycles. The highest BCUT2D eigenvalue weighted by Crippen LogP contribution is 1.99. The van der Waals surface area contributed by atoms with Gasteiger partial charge in [0, 0.05) is 19.4 Å². The van der Waals surface area contributed by atoms with Crippen molar-refractivity contribution in [1.82, 2.24) is 5.32 Å². The predicted octanol–water partition coefficient (Wildman–Crippen LogP) is 1.69. The molecule has 1 aromatic carbocycles. The second-order valence-electron chi connectivity index (χ2n) is 4.02. The molecule has 4 nitrogen and oxygen atoms in total. The fraction of sp³-hybridized carbons (Fsp3) is 0.429. The van der Waals surface area contributed by atoms with Gasteiger partial charge in [-0.05, 0) is 18.4 Å². The van der Waals surface area contributed by atoms with Gasteiger partial charge in [-0.3, -0.25) is 9.59 Å². The minimum Gasteiger partial charge on any atom is -0.469 e. The second kappa shape index (κ2) is 8.28. The monoisotopic (exact) mass is 249 g/mol. The van der Waals surface area contributed by atoms with E-state index in [9.17, 15) is 9.59 Å². The Morgan fingerprint density at radius 3 is 2.56 bits per heavy atom. The molecular weight excluding hydrogens is 230 g/mol. The lowest BCUT2D eigenvalue weighted by Gasteiger charge is -2.05. The van der Waals surface area contributed by atoms with Crippen LogP contribution in [0.1, 0.15) is 24.8 Å². The first-order valence-corrected chi connectivity index (χ1v) is 6.10. The van der Waals surface area contributed by atoms with E-state index >= 15 is 0 Å². The van der Waals surface area contributed by atoms with Crippen molar-refractivity contribution < 1.29 is 14.3 Å². The molecule has 4 heteroatoms. The van der Waals surface area contributed by atoms with E-state index in [1.54, 1.807) is 0 Å². The Bertz CT molecular complexity index is 376. The molecule has 0 heterocycles. The quantitative estimate of drug-likeness (QED) is 0.748. The van der Waals surface area contributed by atoms with E-state index in [0.29, 0.717) is 25.8 Å². The number of benzene rings is 1. The van der Waals surface area contributed by atoms with E-state index in [1.165, 1.54) is 12.7 Å². The van der Waals surface area contributed by atoms with Gasteiger partial charge in [0.2, 0.25) is 5.91 Å². The number of carbonyl (C=O) groups excluding carboxylic acids is 2. The smallest absolute Gasteiger partial charge is 0.305 e. The highest BCUT2D eigenvalue weighted by atomic mass is 16.5. The first kappa shape index (κ1) is 14.2. The summed E-state index contributed by atoms with van der Waals surface area (Å²) in [7, 11) is 1.35. The second-order valence-corrected chi connectivity index (χ2v) is 4.02. The molecule has 1 amide bonds. The van der Waals surface area contributed by atoms with Gasteiger partial charge in [-0.15, -0.1) is 0 Å². The van der Waals surface area contributed by atoms with Crippen LogP contribution in [-0.2, 0) is 20.7 Å². The lowest BCUT2D eigenvalue weighted by molar-refractivity contribution is -0.140. The first-order valence-electron chi connectivity index (χ1n) is 6.10. The molecule has 0 fully saturated rings. The molecule has 0 aromatic heterocycles. The number of esters is 1. The van der Waals surface area contributed by atoms with E-state index in [-0.39, 0.29) is 11.9 Å². The number of hydrogen-bond donors (Lipinski definition) is 1. The maximum Gasteiger partial charge on any atom is 0.305 e. The van der Waals surface area contributed by atoms with E-state index in [1.807, 2.05) is 30.3 Å². The van der Waals surface area contributed by atoms with Gasteiger partial charge in [0.25, 0.3) is 0 Å². The Morgan fingerprint density at radius 2 is 1.89 bits per heavy atom. The standard InChI is InChI=1S/C14H19NO3/c1-18-14(17)9-5-8-13(16)15-11-10-12-6-3-2-4-7-12/h2-4,6-7H,5,8-11H2,1H3,(H,15,16). The summed E-state index contributed by atoms with van der Waals surface area (Å²) in [6.45, 7) is 0.626. The zero-order valence-corrected chi connectivity index (χ0v) is 10.6. The molecule has 0 radical (unpaired) electrons. The highest BCUT2D eigenvalue weighted by molar-refractivity contribution is 5.76. The topological polar surface area (TPSA) is 55.4 Å². The van der Waals surface area contributed by atoms with Gasteiger partial charge in [0.15, 0.2) is 0 Å². The molecule has 0 saturated heterocycles. The van der Waals surface area contributed by atoms with Crippen LogP contribution >= 0.6 is 0 Å². The fourth-order valence-corrected chi connectivity index (χ4v) is 1.57. The van der Waals surface area contributed by atoms with Crippen LogP contribution in [-0.4, -0.2) is 25.5 Å². The van der Waals surface area contributed by atoms with Gasteiger partial charge in [-0.25, -0.2) is 0 Å². The summed E-state index contributed by atoms with van der Waals surface area (Å²) >= 11 is 0. The third-order valence-electron chi connectivity index (χ3n) is 2.59. The molecule has 1 aromatic rings. The van der Waals surface area contributed by atoms with Crippen molar-refractivity contribution in [3.63, 3.8) is 0 Å². The van der Waals surface area contributed by atoms with Crippen molar-refractivity contribution in [2.75, 3.05) is 13.7 Å². The SMILES string of the molecule is COC(=O)CCCC(=O)NCCc1ccccc1.